The van der Waals surface area contributed by atoms with E-state index in [1.165, 1.54) is 31.2 Å². The number of sulfonamides is 1. The lowest BCUT2D eigenvalue weighted by atomic mass is 10.1. The van der Waals surface area contributed by atoms with E-state index in [0.29, 0.717) is 11.3 Å². The lowest BCUT2D eigenvalue weighted by Crippen LogP contribution is -2.47. The molecule has 0 saturated carbocycles. The Bertz CT molecular complexity index is 1010. The Hall–Kier alpha value is -2.09. The fourth-order valence-electron chi connectivity index (χ4n) is 2.73. The number of nitrogens with one attached hydrogen (secondary N) is 1. The zero-order chi connectivity index (χ0) is 21.1. The van der Waals surface area contributed by atoms with Gasteiger partial charge >= 0.3 is 0 Å². The van der Waals surface area contributed by atoms with Crippen LogP contribution in [0.4, 0.5) is 11.4 Å². The molecule has 0 saturated heterocycles. The number of benzene rings is 2. The predicted octanol–water partition coefficient (Wildman–Crippen LogP) is 4.38. The van der Waals surface area contributed by atoms with E-state index in [0.717, 1.165) is 10.6 Å². The quantitative estimate of drug-likeness (QED) is 0.644. The van der Waals surface area contributed by atoms with Crippen molar-refractivity contribution in [3.63, 3.8) is 0 Å². The highest BCUT2D eigenvalue weighted by molar-refractivity contribution is 7.92. The van der Waals surface area contributed by atoms with E-state index in [1.54, 1.807) is 25.1 Å². The van der Waals surface area contributed by atoms with Gasteiger partial charge in [0.05, 0.1) is 17.0 Å². The van der Waals surface area contributed by atoms with Crippen molar-refractivity contribution in [2.75, 3.05) is 15.9 Å². The highest BCUT2D eigenvalue weighted by Gasteiger charge is 2.33. The van der Waals surface area contributed by atoms with Crippen molar-refractivity contribution in [1.82, 2.24) is 0 Å². The topological polar surface area (TPSA) is 83.6 Å². The van der Waals surface area contributed by atoms with E-state index in [9.17, 15) is 18.0 Å². The van der Waals surface area contributed by atoms with Gasteiger partial charge in [-0.1, -0.05) is 42.3 Å². The van der Waals surface area contributed by atoms with Gasteiger partial charge in [-0.15, -0.1) is 0 Å². The van der Waals surface area contributed by atoms with Crippen molar-refractivity contribution in [1.29, 1.82) is 0 Å². The molecular formula is C19H20Cl2N2O4S. The van der Waals surface area contributed by atoms with Crippen LogP contribution in [0.2, 0.25) is 10.0 Å². The van der Waals surface area contributed by atoms with E-state index in [-0.39, 0.29) is 27.9 Å². The molecule has 0 aliphatic heterocycles. The molecule has 1 unspecified atom stereocenters. The third-order valence-corrected chi connectivity index (χ3v) is 5.73. The summed E-state index contributed by atoms with van der Waals surface area (Å²) in [6.07, 6.45) is 1.19. The summed E-state index contributed by atoms with van der Waals surface area (Å²) in [4.78, 5) is 24.4. The summed E-state index contributed by atoms with van der Waals surface area (Å²) in [5.74, 6) is -0.698. The van der Waals surface area contributed by atoms with E-state index < -0.39 is 22.0 Å². The van der Waals surface area contributed by atoms with Gasteiger partial charge < -0.3 is 5.32 Å². The van der Waals surface area contributed by atoms with Crippen LogP contribution < -0.4 is 9.62 Å². The number of amides is 1. The van der Waals surface area contributed by atoms with Gasteiger partial charge in [0.25, 0.3) is 0 Å². The minimum atomic E-state index is -3.85. The first-order chi connectivity index (χ1) is 13.0. The lowest BCUT2D eigenvalue weighted by Gasteiger charge is -2.30. The number of carbonyl (C=O) groups is 2. The van der Waals surface area contributed by atoms with Crippen LogP contribution in [-0.2, 0) is 14.8 Å². The van der Waals surface area contributed by atoms with Crippen molar-refractivity contribution >= 4 is 56.3 Å². The molecule has 2 rings (SSSR count). The summed E-state index contributed by atoms with van der Waals surface area (Å²) < 4.78 is 26.0. The number of Topliss-reactive ketones (excluding diaryl/α,β-unsaturated/α-hetero) is 1. The Balaban J connectivity index is 2.44. The molecule has 0 aromatic heterocycles. The molecule has 1 atom stereocenters. The van der Waals surface area contributed by atoms with Crippen LogP contribution in [0.3, 0.4) is 0 Å². The number of ketones is 1. The van der Waals surface area contributed by atoms with Gasteiger partial charge in [-0.25, -0.2) is 8.42 Å². The predicted molar refractivity (Wildman–Crippen MR) is 113 cm³/mol. The molecular weight excluding hydrogens is 423 g/mol. The van der Waals surface area contributed by atoms with Crippen LogP contribution in [0.25, 0.3) is 0 Å². The van der Waals surface area contributed by atoms with Gasteiger partial charge in [0, 0.05) is 16.3 Å². The van der Waals surface area contributed by atoms with E-state index in [2.05, 4.69) is 5.32 Å². The maximum Gasteiger partial charge on any atom is 0.248 e. The van der Waals surface area contributed by atoms with Crippen LogP contribution in [0.1, 0.15) is 30.6 Å². The highest BCUT2D eigenvalue weighted by atomic mass is 35.5. The number of hydrogen-bond acceptors (Lipinski definition) is 4. The molecule has 0 aliphatic carbocycles. The molecule has 0 bridgehead atoms. The maximum atomic E-state index is 12.9. The normalized spacial score (nSPS) is 12.3. The first kappa shape index (κ1) is 22.2. The first-order valence-corrected chi connectivity index (χ1v) is 11.0. The minimum absolute atomic E-state index is 0.121. The largest absolute Gasteiger partial charge is 0.324 e. The van der Waals surface area contributed by atoms with Gasteiger partial charge in [-0.2, -0.15) is 0 Å². The number of nitrogens with zero attached hydrogens (tertiary/aromatic N) is 1. The molecule has 2 aromatic rings. The maximum absolute atomic E-state index is 12.9. The zero-order valence-corrected chi connectivity index (χ0v) is 17.9. The van der Waals surface area contributed by atoms with Gasteiger partial charge in [-0.05, 0) is 43.7 Å². The fourth-order valence-corrected chi connectivity index (χ4v) is 4.37. The monoisotopic (exact) mass is 442 g/mol. The molecule has 2 aromatic carbocycles. The second-order valence-corrected chi connectivity index (χ2v) is 8.91. The summed E-state index contributed by atoms with van der Waals surface area (Å²) in [6, 6.07) is 9.75. The molecule has 0 spiro atoms. The molecule has 1 amide bonds. The van der Waals surface area contributed by atoms with Crippen LogP contribution in [0, 0.1) is 0 Å². The standard InChI is InChI=1S/C19H20Cl2N2O4S/c1-4-17(19(25)22-15-7-5-6-13(10-15)12(2)24)23(28(3,26)27)18-11-14(20)8-9-16(18)21/h5-11,17H,4H2,1-3H3,(H,22,25). The Kier molecular flexibility index (Phi) is 7.09. The summed E-state index contributed by atoms with van der Waals surface area (Å²) in [5, 5.41) is 3.11. The fraction of sp³-hybridized carbons (Fsp3) is 0.263. The third-order valence-electron chi connectivity index (χ3n) is 4.01. The molecule has 9 heteroatoms. The zero-order valence-electron chi connectivity index (χ0n) is 15.6. The Labute approximate surface area is 174 Å². The molecule has 6 nitrogen and oxygen atoms in total. The Morgan fingerprint density at radius 3 is 2.39 bits per heavy atom. The molecule has 0 fully saturated rings. The number of hydrogen-bond donors (Lipinski definition) is 1. The lowest BCUT2D eigenvalue weighted by molar-refractivity contribution is -0.117. The number of carbonyl (C=O) groups excluding carboxylic acids is 2. The van der Waals surface area contributed by atoms with E-state index in [1.807, 2.05) is 0 Å². The van der Waals surface area contributed by atoms with Crippen molar-refractivity contribution in [3.05, 3.63) is 58.1 Å². The van der Waals surface area contributed by atoms with Crippen molar-refractivity contribution in [2.24, 2.45) is 0 Å². The second-order valence-electron chi connectivity index (χ2n) is 6.20. The number of halogens is 2. The average molecular weight is 443 g/mol. The van der Waals surface area contributed by atoms with Crippen molar-refractivity contribution in [2.45, 2.75) is 26.3 Å². The highest BCUT2D eigenvalue weighted by Crippen LogP contribution is 2.33. The first-order valence-electron chi connectivity index (χ1n) is 8.41. The third kappa shape index (κ3) is 5.25. The molecule has 150 valence electrons. The SMILES string of the molecule is CCC(C(=O)Nc1cccc(C(C)=O)c1)N(c1cc(Cl)ccc1Cl)S(C)(=O)=O. The smallest absolute Gasteiger partial charge is 0.248 e. The van der Waals surface area contributed by atoms with Gasteiger partial charge in [0.2, 0.25) is 15.9 Å². The van der Waals surface area contributed by atoms with Crippen LogP contribution >= 0.6 is 23.2 Å². The van der Waals surface area contributed by atoms with E-state index >= 15 is 0 Å². The van der Waals surface area contributed by atoms with Crippen molar-refractivity contribution < 1.29 is 18.0 Å². The number of rotatable bonds is 7. The van der Waals surface area contributed by atoms with Gasteiger partial charge in [-0.3, -0.25) is 13.9 Å². The van der Waals surface area contributed by atoms with Crippen LogP contribution in [0.5, 0.6) is 0 Å². The average Bonchev–Trinajstić information content (AvgIpc) is 2.61. The molecule has 1 N–H and O–H groups in total. The molecule has 0 heterocycles. The number of anilines is 2. The summed E-state index contributed by atoms with van der Waals surface area (Å²) in [5.41, 5.74) is 0.946. The Morgan fingerprint density at radius 2 is 1.82 bits per heavy atom. The summed E-state index contributed by atoms with van der Waals surface area (Å²) in [6.45, 7) is 3.11. The molecule has 0 aliphatic rings. The van der Waals surface area contributed by atoms with Gasteiger partial charge in [0.1, 0.15) is 6.04 Å². The second kappa shape index (κ2) is 8.94. The minimum Gasteiger partial charge on any atom is -0.324 e. The molecule has 28 heavy (non-hydrogen) atoms. The molecule has 0 radical (unpaired) electrons. The van der Waals surface area contributed by atoms with Crippen LogP contribution in [-0.4, -0.2) is 32.4 Å². The Morgan fingerprint density at radius 1 is 1.14 bits per heavy atom. The van der Waals surface area contributed by atoms with E-state index in [4.69, 9.17) is 23.2 Å². The van der Waals surface area contributed by atoms with Crippen LogP contribution in [0.15, 0.2) is 42.5 Å². The summed E-state index contributed by atoms with van der Waals surface area (Å²) in [7, 11) is -3.85. The van der Waals surface area contributed by atoms with Crippen molar-refractivity contribution in [3.8, 4) is 0 Å². The summed E-state index contributed by atoms with van der Waals surface area (Å²) >= 11 is 12.2. The van der Waals surface area contributed by atoms with Gasteiger partial charge in [0.15, 0.2) is 5.78 Å².